The summed E-state index contributed by atoms with van der Waals surface area (Å²) in [6, 6.07) is 4.92. The molecule has 160 valence electrons. The highest BCUT2D eigenvalue weighted by atomic mass is 32.2. The number of anilines is 1. The van der Waals surface area contributed by atoms with Crippen LogP contribution in [-0.2, 0) is 14.8 Å². The second-order valence-electron chi connectivity index (χ2n) is 6.86. The Morgan fingerprint density at radius 2 is 2.20 bits per heavy atom. The fourth-order valence-corrected chi connectivity index (χ4v) is 4.25. The van der Waals surface area contributed by atoms with Gasteiger partial charge in [0.15, 0.2) is 11.6 Å². The highest BCUT2D eigenvalue weighted by molar-refractivity contribution is 7.89. The van der Waals surface area contributed by atoms with Crippen LogP contribution in [0.4, 0.5) is 5.82 Å². The average molecular weight is 450 g/mol. The molecule has 1 atom stereocenters. The van der Waals surface area contributed by atoms with Gasteiger partial charge in [0.05, 0.1) is 23.4 Å². The fraction of sp³-hybridized carbons (Fsp3) is 0.333. The van der Waals surface area contributed by atoms with Gasteiger partial charge in [-0.25, -0.2) is 28.1 Å². The molecule has 3 aromatic rings. The van der Waals surface area contributed by atoms with E-state index in [0.29, 0.717) is 36.8 Å². The highest BCUT2D eigenvalue weighted by Crippen LogP contribution is 2.26. The minimum Gasteiger partial charge on any atom is -0.381 e. The molecule has 3 N–H and O–H groups in total. The van der Waals surface area contributed by atoms with E-state index >= 15 is 0 Å². The normalized spacial score (nSPS) is 16.4. The van der Waals surface area contributed by atoms with E-state index < -0.39 is 10.0 Å². The predicted octanol–water partition coefficient (Wildman–Crippen LogP) is 1.04. The van der Waals surface area contributed by atoms with E-state index in [2.05, 4.69) is 24.8 Å². The van der Waals surface area contributed by atoms with Crippen LogP contribution in [0.25, 0.3) is 17.1 Å². The zero-order valence-electron chi connectivity index (χ0n) is 16.3. The summed E-state index contributed by atoms with van der Waals surface area (Å²) in [5.41, 5.74) is 7.91. The number of rotatable bonds is 6. The smallest absolute Gasteiger partial charge is 0.240 e. The molecule has 1 aliphatic rings. The lowest BCUT2D eigenvalue weighted by atomic mass is 10.1. The summed E-state index contributed by atoms with van der Waals surface area (Å²) >= 11 is 0. The lowest BCUT2D eigenvalue weighted by Gasteiger charge is -2.13. The molecule has 0 spiro atoms. The molecule has 1 saturated heterocycles. The van der Waals surface area contributed by atoms with Gasteiger partial charge in [-0.05, 0) is 37.0 Å². The monoisotopic (exact) mass is 449 g/mol. The Morgan fingerprint density at radius 1 is 1.37 bits per heavy atom. The maximum atomic E-state index is 12.8. The molecule has 0 amide bonds. The third-order valence-corrected chi connectivity index (χ3v) is 6.22. The largest absolute Gasteiger partial charge is 0.381 e. The standard InChI is InChI=1S/C18H21N7O3S.H2S/c1-12-2-3-14(29(26,27)23-7-13-4-5-28-9-13)6-15(12)16-8-21-17(19)18(24-16)25-11-20-10-22-25;/h2-3,6,8,10-11,13,23H,4-5,7,9H2,1H3,(H2,19,21);1H2/t13-;/m0./s1. The molecule has 3 heterocycles. The number of benzene rings is 1. The van der Waals surface area contributed by atoms with Crippen LogP contribution in [0, 0.1) is 12.8 Å². The molecule has 1 aromatic carbocycles. The summed E-state index contributed by atoms with van der Waals surface area (Å²) in [6.45, 7) is 3.48. The summed E-state index contributed by atoms with van der Waals surface area (Å²) in [6.07, 6.45) is 5.20. The van der Waals surface area contributed by atoms with Crippen LogP contribution in [0.3, 0.4) is 0 Å². The minimum atomic E-state index is -3.66. The maximum absolute atomic E-state index is 12.8. The van der Waals surface area contributed by atoms with E-state index in [4.69, 9.17) is 10.5 Å². The van der Waals surface area contributed by atoms with Crippen molar-refractivity contribution in [2.75, 3.05) is 25.5 Å². The summed E-state index contributed by atoms with van der Waals surface area (Å²) in [5.74, 6) is 0.719. The zero-order chi connectivity index (χ0) is 20.4. The van der Waals surface area contributed by atoms with Crippen LogP contribution >= 0.6 is 13.5 Å². The second-order valence-corrected chi connectivity index (χ2v) is 8.63. The Bertz CT molecular complexity index is 1110. The van der Waals surface area contributed by atoms with Crippen LogP contribution < -0.4 is 10.5 Å². The molecule has 12 heteroatoms. The van der Waals surface area contributed by atoms with E-state index in [9.17, 15) is 8.42 Å². The van der Waals surface area contributed by atoms with E-state index in [1.165, 1.54) is 23.5 Å². The number of ether oxygens (including phenoxy) is 1. The first-order valence-corrected chi connectivity index (χ1v) is 10.6. The number of aryl methyl sites for hydroxylation is 1. The number of nitrogen functional groups attached to an aromatic ring is 1. The molecule has 0 unspecified atom stereocenters. The number of aromatic nitrogens is 5. The Kier molecular flexibility index (Phi) is 6.71. The number of nitrogens with two attached hydrogens (primary N) is 1. The van der Waals surface area contributed by atoms with Gasteiger partial charge in [0, 0.05) is 18.7 Å². The van der Waals surface area contributed by atoms with E-state index in [1.54, 1.807) is 18.2 Å². The SMILES string of the molecule is Cc1ccc(S(=O)(=O)NC[C@@H]2CCOC2)cc1-c1cnc(N)c(-n2cncn2)n1.S. The van der Waals surface area contributed by atoms with Crippen molar-refractivity contribution in [2.45, 2.75) is 18.2 Å². The first-order valence-electron chi connectivity index (χ1n) is 9.10. The van der Waals surface area contributed by atoms with Crippen LogP contribution in [0.5, 0.6) is 0 Å². The van der Waals surface area contributed by atoms with E-state index in [0.717, 1.165) is 12.0 Å². The van der Waals surface area contributed by atoms with E-state index in [1.807, 2.05) is 6.92 Å². The number of hydrogen-bond donors (Lipinski definition) is 2. The molecule has 0 bridgehead atoms. The van der Waals surface area contributed by atoms with Crippen molar-refractivity contribution in [1.29, 1.82) is 0 Å². The Balaban J connectivity index is 0.00000256. The lowest BCUT2D eigenvalue weighted by molar-refractivity contribution is 0.186. The first kappa shape index (κ1) is 22.2. The van der Waals surface area contributed by atoms with Gasteiger partial charge in [0.2, 0.25) is 10.0 Å². The third kappa shape index (κ3) is 4.61. The summed E-state index contributed by atoms with van der Waals surface area (Å²) < 4.78 is 34.9. The van der Waals surface area contributed by atoms with Crippen molar-refractivity contribution >= 4 is 29.3 Å². The Hall–Kier alpha value is -2.54. The second kappa shape index (κ2) is 9.08. The van der Waals surface area contributed by atoms with Crippen LogP contribution in [-0.4, -0.2) is 52.9 Å². The Morgan fingerprint density at radius 3 is 2.90 bits per heavy atom. The summed E-state index contributed by atoms with van der Waals surface area (Å²) in [4.78, 5) is 12.8. The molecule has 0 radical (unpaired) electrons. The van der Waals surface area contributed by atoms with Crippen molar-refractivity contribution < 1.29 is 13.2 Å². The van der Waals surface area contributed by atoms with Crippen LogP contribution in [0.2, 0.25) is 0 Å². The molecular weight excluding hydrogens is 426 g/mol. The van der Waals surface area contributed by atoms with Gasteiger partial charge in [-0.15, -0.1) is 0 Å². The summed E-state index contributed by atoms with van der Waals surface area (Å²) in [5, 5.41) is 4.03. The quantitative estimate of drug-likeness (QED) is 0.569. The summed E-state index contributed by atoms with van der Waals surface area (Å²) in [7, 11) is -3.66. The molecule has 30 heavy (non-hydrogen) atoms. The molecular formula is C18H23N7O3S2. The van der Waals surface area contributed by atoms with Crippen molar-refractivity contribution in [3.8, 4) is 17.1 Å². The average Bonchev–Trinajstić information content (AvgIpc) is 3.41. The topological polar surface area (TPSA) is 138 Å². The van der Waals surface area contributed by atoms with E-state index in [-0.39, 0.29) is 30.1 Å². The van der Waals surface area contributed by atoms with Gasteiger partial charge in [0.25, 0.3) is 0 Å². The van der Waals surface area contributed by atoms with Gasteiger partial charge in [0.1, 0.15) is 12.7 Å². The molecule has 1 aliphatic heterocycles. The zero-order valence-corrected chi connectivity index (χ0v) is 18.1. The number of nitrogens with zero attached hydrogens (tertiary/aromatic N) is 5. The van der Waals surface area contributed by atoms with Crippen molar-refractivity contribution in [1.82, 2.24) is 29.5 Å². The van der Waals surface area contributed by atoms with Gasteiger partial charge in [-0.1, -0.05) is 6.07 Å². The maximum Gasteiger partial charge on any atom is 0.240 e. The number of nitrogens with one attached hydrogen (secondary N) is 1. The Labute approximate surface area is 181 Å². The predicted molar refractivity (Wildman–Crippen MR) is 116 cm³/mol. The van der Waals surface area contributed by atoms with Crippen LogP contribution in [0.15, 0.2) is 41.9 Å². The van der Waals surface area contributed by atoms with Crippen molar-refractivity contribution in [3.63, 3.8) is 0 Å². The van der Waals surface area contributed by atoms with Gasteiger partial charge in [-0.3, -0.25) is 0 Å². The van der Waals surface area contributed by atoms with Crippen molar-refractivity contribution in [2.24, 2.45) is 5.92 Å². The number of hydrogen-bond acceptors (Lipinski definition) is 8. The molecule has 0 aliphatic carbocycles. The minimum absolute atomic E-state index is 0. The van der Waals surface area contributed by atoms with Gasteiger partial charge in [-0.2, -0.15) is 23.3 Å². The van der Waals surface area contributed by atoms with Crippen molar-refractivity contribution in [3.05, 3.63) is 42.6 Å². The molecule has 10 nitrogen and oxygen atoms in total. The fourth-order valence-electron chi connectivity index (χ4n) is 3.10. The van der Waals surface area contributed by atoms with Gasteiger partial charge >= 0.3 is 0 Å². The first-order chi connectivity index (χ1) is 13.9. The molecule has 2 aromatic heterocycles. The highest BCUT2D eigenvalue weighted by Gasteiger charge is 2.21. The molecule has 4 rings (SSSR count). The van der Waals surface area contributed by atoms with Gasteiger partial charge < -0.3 is 10.5 Å². The third-order valence-electron chi connectivity index (χ3n) is 4.80. The molecule has 0 saturated carbocycles. The number of sulfonamides is 1. The molecule has 1 fully saturated rings. The van der Waals surface area contributed by atoms with Crippen LogP contribution in [0.1, 0.15) is 12.0 Å². The lowest BCUT2D eigenvalue weighted by Crippen LogP contribution is -2.29.